The summed E-state index contributed by atoms with van der Waals surface area (Å²) < 4.78 is 1.43. The monoisotopic (exact) mass is 281 g/mol. The Balaban J connectivity index is 2.40. The van der Waals surface area contributed by atoms with E-state index in [0.29, 0.717) is 5.82 Å². The van der Waals surface area contributed by atoms with Crippen molar-refractivity contribution in [2.45, 2.75) is 0 Å². The summed E-state index contributed by atoms with van der Waals surface area (Å²) in [5, 5.41) is 10.8. The molecule has 1 aromatic carbocycles. The number of rotatable bonds is 5. The molecule has 1 aromatic heterocycles. The summed E-state index contributed by atoms with van der Waals surface area (Å²) >= 11 is 0. The molecule has 0 spiro atoms. The highest BCUT2D eigenvalue weighted by Gasteiger charge is 2.14. The van der Waals surface area contributed by atoms with E-state index in [-0.39, 0.29) is 5.82 Å². The Hall–Kier alpha value is -2.95. The van der Waals surface area contributed by atoms with Gasteiger partial charge in [0.2, 0.25) is 5.82 Å². The summed E-state index contributed by atoms with van der Waals surface area (Å²) in [7, 11) is 1.61. The van der Waals surface area contributed by atoms with Crippen LogP contribution in [0.25, 0.3) is 24.3 Å². The number of nitrogens with zero attached hydrogens (tertiary/aromatic N) is 3. The Bertz CT molecular complexity index is 742. The fourth-order valence-corrected chi connectivity index (χ4v) is 2.06. The lowest BCUT2D eigenvalue weighted by Gasteiger charge is -2.04. The SMILES string of the molecule is C=Cc1cccc(/C=C/c2ncc([N+](=O)[O-])n2C)c1C=C. The number of hydrogen-bond acceptors (Lipinski definition) is 3. The van der Waals surface area contributed by atoms with E-state index >= 15 is 0 Å². The third kappa shape index (κ3) is 2.81. The van der Waals surface area contributed by atoms with Gasteiger partial charge in [-0.05, 0) is 27.7 Å². The quantitative estimate of drug-likeness (QED) is 0.619. The van der Waals surface area contributed by atoms with Gasteiger partial charge in [0.15, 0.2) is 0 Å². The molecule has 0 saturated heterocycles. The largest absolute Gasteiger partial charge is 0.358 e. The van der Waals surface area contributed by atoms with Crippen LogP contribution in [0.4, 0.5) is 5.82 Å². The van der Waals surface area contributed by atoms with Crippen molar-refractivity contribution < 1.29 is 4.92 Å². The Morgan fingerprint density at radius 3 is 2.52 bits per heavy atom. The van der Waals surface area contributed by atoms with Gasteiger partial charge in [-0.1, -0.05) is 43.5 Å². The average molecular weight is 281 g/mol. The second-order valence-electron chi connectivity index (χ2n) is 4.38. The number of aromatic nitrogens is 2. The molecule has 2 aromatic rings. The number of benzene rings is 1. The lowest BCUT2D eigenvalue weighted by Crippen LogP contribution is -1.98. The predicted octanol–water partition coefficient (Wildman–Crippen LogP) is 3.78. The molecule has 2 rings (SSSR count). The highest BCUT2D eigenvalue weighted by Crippen LogP contribution is 2.20. The van der Waals surface area contributed by atoms with E-state index in [1.807, 2.05) is 24.3 Å². The summed E-state index contributed by atoms with van der Waals surface area (Å²) in [6, 6.07) is 5.81. The summed E-state index contributed by atoms with van der Waals surface area (Å²) in [4.78, 5) is 14.4. The topological polar surface area (TPSA) is 61.0 Å². The fraction of sp³-hybridized carbons (Fsp3) is 0.0625. The highest BCUT2D eigenvalue weighted by molar-refractivity contribution is 5.77. The Kier molecular flexibility index (Phi) is 4.13. The molecule has 0 bridgehead atoms. The van der Waals surface area contributed by atoms with Crippen LogP contribution in [0, 0.1) is 10.1 Å². The number of imidazole rings is 1. The van der Waals surface area contributed by atoms with Crippen molar-refractivity contribution in [1.82, 2.24) is 9.55 Å². The van der Waals surface area contributed by atoms with E-state index < -0.39 is 4.92 Å². The molecule has 21 heavy (non-hydrogen) atoms. The van der Waals surface area contributed by atoms with E-state index in [1.54, 1.807) is 25.3 Å². The van der Waals surface area contributed by atoms with Crippen LogP contribution in [0.15, 0.2) is 37.6 Å². The second-order valence-corrected chi connectivity index (χ2v) is 4.38. The standard InChI is InChI=1S/C16H15N3O2/c1-4-12-7-6-8-13(14(12)5-2)9-10-15-17-11-16(18(15)3)19(20)21/h4-11H,1-2H2,3H3/b10-9+. The molecule has 0 unspecified atom stereocenters. The van der Waals surface area contributed by atoms with Gasteiger partial charge >= 0.3 is 5.82 Å². The zero-order valence-corrected chi connectivity index (χ0v) is 11.7. The van der Waals surface area contributed by atoms with Gasteiger partial charge in [-0.25, -0.2) is 9.55 Å². The van der Waals surface area contributed by atoms with Gasteiger partial charge in [-0.3, -0.25) is 0 Å². The fourth-order valence-electron chi connectivity index (χ4n) is 2.06. The first-order valence-electron chi connectivity index (χ1n) is 6.30. The molecule has 5 nitrogen and oxygen atoms in total. The molecular weight excluding hydrogens is 266 g/mol. The predicted molar refractivity (Wildman–Crippen MR) is 85.4 cm³/mol. The van der Waals surface area contributed by atoms with Crippen LogP contribution in [0.3, 0.4) is 0 Å². The van der Waals surface area contributed by atoms with E-state index in [9.17, 15) is 10.1 Å². The van der Waals surface area contributed by atoms with E-state index in [4.69, 9.17) is 0 Å². The third-order valence-electron chi connectivity index (χ3n) is 3.20. The maximum absolute atomic E-state index is 10.8. The first-order chi connectivity index (χ1) is 10.1. The zero-order chi connectivity index (χ0) is 15.4. The van der Waals surface area contributed by atoms with Crippen molar-refractivity contribution in [3.63, 3.8) is 0 Å². The molecule has 0 fully saturated rings. The molecule has 0 aliphatic heterocycles. The maximum Gasteiger partial charge on any atom is 0.342 e. The van der Waals surface area contributed by atoms with Gasteiger partial charge in [0.05, 0.1) is 7.05 Å². The Morgan fingerprint density at radius 1 is 1.24 bits per heavy atom. The van der Waals surface area contributed by atoms with Crippen molar-refractivity contribution in [2.24, 2.45) is 7.05 Å². The molecule has 0 radical (unpaired) electrons. The summed E-state index contributed by atoms with van der Waals surface area (Å²) in [5.74, 6) is 0.471. The van der Waals surface area contributed by atoms with Crippen LogP contribution in [0.2, 0.25) is 0 Å². The molecule has 1 heterocycles. The van der Waals surface area contributed by atoms with Gasteiger partial charge in [0, 0.05) is 6.08 Å². The minimum atomic E-state index is -0.460. The highest BCUT2D eigenvalue weighted by atomic mass is 16.6. The van der Waals surface area contributed by atoms with Crippen molar-refractivity contribution >= 4 is 30.1 Å². The van der Waals surface area contributed by atoms with Crippen molar-refractivity contribution in [1.29, 1.82) is 0 Å². The molecule has 0 aliphatic rings. The molecule has 0 aliphatic carbocycles. The summed E-state index contributed by atoms with van der Waals surface area (Å²) in [5.41, 5.74) is 2.90. The molecule has 106 valence electrons. The van der Waals surface area contributed by atoms with Crippen LogP contribution >= 0.6 is 0 Å². The molecule has 5 heteroatoms. The molecule has 0 saturated carbocycles. The minimum Gasteiger partial charge on any atom is -0.358 e. The molecule has 0 N–H and O–H groups in total. The van der Waals surface area contributed by atoms with Crippen molar-refractivity contribution in [3.05, 3.63) is 70.2 Å². The molecular formula is C16H15N3O2. The third-order valence-corrected chi connectivity index (χ3v) is 3.20. The van der Waals surface area contributed by atoms with Crippen LogP contribution in [0.1, 0.15) is 22.5 Å². The zero-order valence-electron chi connectivity index (χ0n) is 11.7. The summed E-state index contributed by atoms with van der Waals surface area (Å²) in [6.45, 7) is 7.58. The molecule has 0 amide bonds. The van der Waals surface area contributed by atoms with E-state index in [2.05, 4.69) is 18.1 Å². The number of nitro groups is 1. The van der Waals surface area contributed by atoms with Crippen molar-refractivity contribution in [2.75, 3.05) is 0 Å². The maximum atomic E-state index is 10.8. The van der Waals surface area contributed by atoms with Gasteiger partial charge < -0.3 is 10.1 Å². The van der Waals surface area contributed by atoms with E-state index in [0.717, 1.165) is 16.7 Å². The molecule has 0 atom stereocenters. The van der Waals surface area contributed by atoms with Crippen molar-refractivity contribution in [3.8, 4) is 0 Å². The normalized spacial score (nSPS) is 10.7. The number of hydrogen-bond donors (Lipinski definition) is 0. The van der Waals surface area contributed by atoms with Gasteiger partial charge in [0.1, 0.15) is 6.20 Å². The van der Waals surface area contributed by atoms with Gasteiger partial charge in [-0.15, -0.1) is 0 Å². The van der Waals surface area contributed by atoms with Crippen LogP contribution in [-0.4, -0.2) is 14.5 Å². The smallest absolute Gasteiger partial charge is 0.342 e. The van der Waals surface area contributed by atoms with Gasteiger partial charge in [0.25, 0.3) is 0 Å². The van der Waals surface area contributed by atoms with E-state index in [1.165, 1.54) is 10.8 Å². The summed E-state index contributed by atoms with van der Waals surface area (Å²) in [6.07, 6.45) is 8.37. The Morgan fingerprint density at radius 2 is 1.95 bits per heavy atom. The lowest BCUT2D eigenvalue weighted by atomic mass is 10.0. The van der Waals surface area contributed by atoms with Crippen LogP contribution in [-0.2, 0) is 7.05 Å². The first-order valence-corrected chi connectivity index (χ1v) is 6.30. The first kappa shape index (κ1) is 14.5. The van der Waals surface area contributed by atoms with Gasteiger partial charge in [-0.2, -0.15) is 0 Å². The Labute approximate surface area is 122 Å². The average Bonchev–Trinajstić information content (AvgIpc) is 2.85. The van der Waals surface area contributed by atoms with Crippen LogP contribution < -0.4 is 0 Å². The minimum absolute atomic E-state index is 0.0431. The second kappa shape index (κ2) is 6.00. The lowest BCUT2D eigenvalue weighted by molar-refractivity contribution is -0.391. The van der Waals surface area contributed by atoms with Crippen LogP contribution in [0.5, 0.6) is 0 Å².